The van der Waals surface area contributed by atoms with Gasteiger partial charge in [-0.25, -0.2) is 8.42 Å². The summed E-state index contributed by atoms with van der Waals surface area (Å²) < 4.78 is 26.5. The van der Waals surface area contributed by atoms with Crippen molar-refractivity contribution in [2.45, 2.75) is 50.6 Å². The van der Waals surface area contributed by atoms with Gasteiger partial charge in [-0.2, -0.15) is 4.31 Å². The third kappa shape index (κ3) is 4.59. The quantitative estimate of drug-likeness (QED) is 0.799. The maximum atomic E-state index is 12.6. The summed E-state index contributed by atoms with van der Waals surface area (Å²) in [7, 11) is -2.04. The van der Waals surface area contributed by atoms with E-state index in [1.165, 1.54) is 16.4 Å². The van der Waals surface area contributed by atoms with E-state index in [4.69, 9.17) is 0 Å². The van der Waals surface area contributed by atoms with Crippen molar-refractivity contribution in [2.24, 2.45) is 0 Å². The van der Waals surface area contributed by atoms with Gasteiger partial charge in [-0.1, -0.05) is 13.0 Å². The van der Waals surface area contributed by atoms with E-state index in [-0.39, 0.29) is 16.8 Å². The van der Waals surface area contributed by atoms with Gasteiger partial charge in [0.2, 0.25) is 10.0 Å². The zero-order valence-corrected chi connectivity index (χ0v) is 16.3. The smallest absolute Gasteiger partial charge is 0.251 e. The Hall–Kier alpha value is -1.44. The number of carbonyl (C=O) groups excluding carboxylic acids is 1. The minimum absolute atomic E-state index is 0.146. The lowest BCUT2D eigenvalue weighted by atomic mass is 10.2. The molecule has 0 bridgehead atoms. The molecule has 1 atom stereocenters. The van der Waals surface area contributed by atoms with Crippen LogP contribution in [0.3, 0.4) is 0 Å². The molecule has 6 nitrogen and oxygen atoms in total. The van der Waals surface area contributed by atoms with Crippen molar-refractivity contribution in [3.63, 3.8) is 0 Å². The van der Waals surface area contributed by atoms with E-state index in [1.807, 2.05) is 13.8 Å². The van der Waals surface area contributed by atoms with Crippen LogP contribution >= 0.6 is 0 Å². The molecule has 1 unspecified atom stereocenters. The molecular weight excluding hydrogens is 338 g/mol. The lowest BCUT2D eigenvalue weighted by Crippen LogP contribution is -2.40. The van der Waals surface area contributed by atoms with E-state index >= 15 is 0 Å². The fraction of sp³-hybridized carbons (Fsp3) is 0.611. The Bertz CT molecular complexity index is 703. The highest BCUT2D eigenvalue weighted by Gasteiger charge is 2.25. The zero-order valence-electron chi connectivity index (χ0n) is 15.5. The summed E-state index contributed by atoms with van der Waals surface area (Å²) >= 11 is 0. The van der Waals surface area contributed by atoms with Gasteiger partial charge >= 0.3 is 0 Å². The Morgan fingerprint density at radius 1 is 1.40 bits per heavy atom. The molecule has 1 fully saturated rings. The number of carbonyl (C=O) groups is 1. The van der Waals surface area contributed by atoms with Gasteiger partial charge in [-0.05, 0) is 58.0 Å². The van der Waals surface area contributed by atoms with Gasteiger partial charge in [0.25, 0.3) is 5.91 Å². The Balaban J connectivity index is 2.09. The molecule has 0 saturated carbocycles. The van der Waals surface area contributed by atoms with E-state index < -0.39 is 10.0 Å². The lowest BCUT2D eigenvalue weighted by molar-refractivity contribution is 0.0941. The van der Waals surface area contributed by atoms with Crippen molar-refractivity contribution < 1.29 is 13.2 Å². The molecule has 2 rings (SSSR count). The zero-order chi connectivity index (χ0) is 18.6. The fourth-order valence-corrected chi connectivity index (χ4v) is 4.51. The minimum atomic E-state index is -3.59. The summed E-state index contributed by atoms with van der Waals surface area (Å²) in [5.41, 5.74) is 0.374. The summed E-state index contributed by atoms with van der Waals surface area (Å²) in [6.07, 6.45) is 2.24. The summed E-state index contributed by atoms with van der Waals surface area (Å²) in [5.74, 6) is -0.229. The van der Waals surface area contributed by atoms with Crippen LogP contribution in [0.5, 0.6) is 0 Å². The molecule has 0 aliphatic carbocycles. The molecule has 1 N–H and O–H groups in total. The third-order valence-electron chi connectivity index (χ3n) is 4.90. The monoisotopic (exact) mass is 367 g/mol. The van der Waals surface area contributed by atoms with Crippen LogP contribution in [0.2, 0.25) is 0 Å². The van der Waals surface area contributed by atoms with Gasteiger partial charge in [0.15, 0.2) is 0 Å². The molecule has 1 heterocycles. The van der Waals surface area contributed by atoms with E-state index in [0.717, 1.165) is 25.9 Å². The number of nitrogens with one attached hydrogen (secondary N) is 1. The predicted octanol–water partition coefficient (Wildman–Crippen LogP) is 1.93. The first-order chi connectivity index (χ1) is 11.8. The molecule has 0 radical (unpaired) electrons. The number of hydrogen-bond acceptors (Lipinski definition) is 4. The van der Waals surface area contributed by atoms with Crippen LogP contribution in [0, 0.1) is 0 Å². The number of nitrogens with zero attached hydrogens (tertiary/aromatic N) is 2. The number of sulfonamides is 1. The van der Waals surface area contributed by atoms with Crippen molar-refractivity contribution in [2.75, 3.05) is 26.7 Å². The number of hydrogen-bond donors (Lipinski definition) is 1. The highest BCUT2D eigenvalue weighted by Crippen LogP contribution is 2.19. The summed E-state index contributed by atoms with van der Waals surface area (Å²) in [6.45, 7) is 8.40. The largest absolute Gasteiger partial charge is 0.350 e. The van der Waals surface area contributed by atoms with Gasteiger partial charge in [-0.15, -0.1) is 0 Å². The molecule has 1 saturated heterocycles. The first-order valence-electron chi connectivity index (χ1n) is 8.87. The van der Waals surface area contributed by atoms with Crippen LogP contribution in [0.15, 0.2) is 29.2 Å². The van der Waals surface area contributed by atoms with E-state index in [1.54, 1.807) is 19.2 Å². The van der Waals surface area contributed by atoms with Crippen LogP contribution in [-0.2, 0) is 10.0 Å². The van der Waals surface area contributed by atoms with Gasteiger partial charge in [-0.3, -0.25) is 9.69 Å². The minimum Gasteiger partial charge on any atom is -0.350 e. The molecule has 1 amide bonds. The summed E-state index contributed by atoms with van der Waals surface area (Å²) in [6, 6.07) is 6.47. The standard InChI is InChI=1S/C18H29N3O3S/c1-5-21-11-7-9-16(21)13-19-18(22)15-8-6-10-17(12-15)25(23,24)20(4)14(2)3/h6,8,10,12,14,16H,5,7,9,11,13H2,1-4H3,(H,19,22). The molecule has 1 aliphatic heterocycles. The number of rotatable bonds is 7. The topological polar surface area (TPSA) is 69.7 Å². The Kier molecular flexibility index (Phi) is 6.59. The molecule has 7 heteroatoms. The molecule has 0 spiro atoms. The van der Waals surface area contributed by atoms with Gasteiger partial charge in [0.1, 0.15) is 0 Å². The summed E-state index contributed by atoms with van der Waals surface area (Å²) in [4.78, 5) is 14.9. The first-order valence-corrected chi connectivity index (χ1v) is 10.3. The highest BCUT2D eigenvalue weighted by molar-refractivity contribution is 7.89. The van der Waals surface area contributed by atoms with E-state index in [0.29, 0.717) is 18.2 Å². The number of amides is 1. The predicted molar refractivity (Wildman–Crippen MR) is 99.1 cm³/mol. The Labute approximate surface area is 151 Å². The van der Waals surface area contributed by atoms with Crippen LogP contribution in [0.1, 0.15) is 44.0 Å². The second-order valence-corrected chi connectivity index (χ2v) is 8.77. The van der Waals surface area contributed by atoms with Gasteiger partial charge in [0, 0.05) is 31.2 Å². The van der Waals surface area contributed by atoms with Crippen LogP contribution in [-0.4, -0.2) is 62.3 Å². The van der Waals surface area contributed by atoms with Gasteiger partial charge < -0.3 is 5.32 Å². The normalized spacial score (nSPS) is 18.9. The van der Waals surface area contributed by atoms with Crippen molar-refractivity contribution in [3.8, 4) is 0 Å². The lowest BCUT2D eigenvalue weighted by Gasteiger charge is -2.23. The van der Waals surface area contributed by atoms with E-state index in [9.17, 15) is 13.2 Å². The average Bonchev–Trinajstić information content (AvgIpc) is 3.06. The molecule has 25 heavy (non-hydrogen) atoms. The number of benzene rings is 1. The van der Waals surface area contributed by atoms with Crippen LogP contribution in [0.25, 0.3) is 0 Å². The van der Waals surface area contributed by atoms with E-state index in [2.05, 4.69) is 17.1 Å². The molecular formula is C18H29N3O3S. The average molecular weight is 368 g/mol. The maximum Gasteiger partial charge on any atom is 0.251 e. The molecule has 0 aromatic heterocycles. The second-order valence-electron chi connectivity index (χ2n) is 6.78. The Morgan fingerprint density at radius 2 is 2.12 bits per heavy atom. The maximum absolute atomic E-state index is 12.6. The van der Waals surface area contributed by atoms with Gasteiger partial charge in [0.05, 0.1) is 4.90 Å². The molecule has 140 valence electrons. The third-order valence-corrected chi connectivity index (χ3v) is 6.93. The SMILES string of the molecule is CCN1CCCC1CNC(=O)c1cccc(S(=O)(=O)N(C)C(C)C)c1. The second kappa shape index (κ2) is 8.29. The first kappa shape index (κ1) is 19.9. The molecule has 1 aromatic rings. The molecule has 1 aliphatic rings. The number of likely N-dealkylation sites (tertiary alicyclic amines) is 1. The summed E-state index contributed by atoms with van der Waals surface area (Å²) in [5, 5.41) is 2.95. The van der Waals surface area contributed by atoms with Crippen LogP contribution < -0.4 is 5.32 Å². The Morgan fingerprint density at radius 3 is 2.76 bits per heavy atom. The van der Waals surface area contributed by atoms with Crippen molar-refractivity contribution in [1.29, 1.82) is 0 Å². The van der Waals surface area contributed by atoms with Crippen molar-refractivity contribution in [3.05, 3.63) is 29.8 Å². The van der Waals surface area contributed by atoms with Crippen LogP contribution in [0.4, 0.5) is 0 Å². The molecule has 1 aromatic carbocycles. The number of likely N-dealkylation sites (N-methyl/N-ethyl adjacent to an activating group) is 1. The van der Waals surface area contributed by atoms with Crippen molar-refractivity contribution in [1.82, 2.24) is 14.5 Å². The fourth-order valence-electron chi connectivity index (χ4n) is 3.10. The highest BCUT2D eigenvalue weighted by atomic mass is 32.2. The van der Waals surface area contributed by atoms with Crippen molar-refractivity contribution >= 4 is 15.9 Å².